The molecule has 0 atom stereocenters. The van der Waals surface area contributed by atoms with E-state index in [4.69, 9.17) is 0 Å². The van der Waals surface area contributed by atoms with Gasteiger partial charge in [0.15, 0.2) is 5.82 Å². The third-order valence-electron chi connectivity index (χ3n) is 5.78. The quantitative estimate of drug-likeness (QED) is 0.842. The van der Waals surface area contributed by atoms with Gasteiger partial charge in [0.25, 0.3) is 11.8 Å². The Hall–Kier alpha value is -2.70. The third kappa shape index (κ3) is 4.33. The second-order valence-corrected chi connectivity index (χ2v) is 7.82. The van der Waals surface area contributed by atoms with Crippen molar-refractivity contribution in [1.82, 2.24) is 19.8 Å². The number of imidazole rings is 1. The van der Waals surface area contributed by atoms with Gasteiger partial charge in [-0.2, -0.15) is 0 Å². The molecule has 0 saturated carbocycles. The van der Waals surface area contributed by atoms with Crippen molar-refractivity contribution >= 4 is 11.8 Å². The Kier molecular flexibility index (Phi) is 5.92. The molecule has 6 nitrogen and oxygen atoms in total. The Morgan fingerprint density at radius 1 is 1.00 bits per heavy atom. The summed E-state index contributed by atoms with van der Waals surface area (Å²) in [7, 11) is 0. The topological polar surface area (TPSA) is 67.2 Å². The number of hydrogen-bond donors (Lipinski definition) is 1. The summed E-state index contributed by atoms with van der Waals surface area (Å²) in [5.74, 6) is -0.236. The summed E-state index contributed by atoms with van der Waals surface area (Å²) < 4.78 is 14.9. The van der Waals surface area contributed by atoms with Crippen molar-refractivity contribution in [1.29, 1.82) is 0 Å². The number of carbonyl (C=O) groups is 2. The van der Waals surface area contributed by atoms with Crippen molar-refractivity contribution in [2.24, 2.45) is 0 Å². The summed E-state index contributed by atoms with van der Waals surface area (Å²) in [5, 5.41) is 2.90. The zero-order valence-electron chi connectivity index (χ0n) is 16.6. The average molecular weight is 398 g/mol. The van der Waals surface area contributed by atoms with E-state index in [-0.39, 0.29) is 17.6 Å². The van der Waals surface area contributed by atoms with Gasteiger partial charge in [0.2, 0.25) is 0 Å². The lowest BCUT2D eigenvalue weighted by Crippen LogP contribution is -2.36. The van der Waals surface area contributed by atoms with Crippen LogP contribution < -0.4 is 5.32 Å². The van der Waals surface area contributed by atoms with Gasteiger partial charge in [-0.15, -0.1) is 0 Å². The first kappa shape index (κ1) is 19.6. The SMILES string of the molecule is O=C(NCCc1ccc(F)cc1)c1nc(C(=O)N2CCCCC2)c2n1CCCC2. The van der Waals surface area contributed by atoms with Crippen molar-refractivity contribution in [3.05, 3.63) is 52.9 Å². The number of benzene rings is 1. The van der Waals surface area contributed by atoms with Gasteiger partial charge in [-0.25, -0.2) is 9.37 Å². The van der Waals surface area contributed by atoms with Gasteiger partial charge < -0.3 is 14.8 Å². The largest absolute Gasteiger partial charge is 0.349 e. The van der Waals surface area contributed by atoms with Gasteiger partial charge in [0.1, 0.15) is 11.5 Å². The summed E-state index contributed by atoms with van der Waals surface area (Å²) in [6.45, 7) is 2.69. The molecule has 2 aromatic rings. The molecule has 0 spiro atoms. The molecule has 1 aromatic heterocycles. The highest BCUT2D eigenvalue weighted by Crippen LogP contribution is 2.23. The van der Waals surface area contributed by atoms with Crippen LogP contribution in [0.3, 0.4) is 0 Å². The molecule has 0 bridgehead atoms. The van der Waals surface area contributed by atoms with Crippen LogP contribution in [0.4, 0.5) is 4.39 Å². The van der Waals surface area contributed by atoms with E-state index in [1.807, 2.05) is 9.47 Å². The van der Waals surface area contributed by atoms with E-state index >= 15 is 0 Å². The molecule has 1 fully saturated rings. The van der Waals surface area contributed by atoms with Crippen LogP contribution in [0.5, 0.6) is 0 Å². The van der Waals surface area contributed by atoms with Gasteiger partial charge in [-0.3, -0.25) is 9.59 Å². The van der Waals surface area contributed by atoms with Crippen molar-refractivity contribution in [2.75, 3.05) is 19.6 Å². The fraction of sp³-hybridized carbons (Fsp3) is 0.500. The summed E-state index contributed by atoms with van der Waals surface area (Å²) in [6.07, 6.45) is 6.60. The van der Waals surface area contributed by atoms with Crippen molar-refractivity contribution in [3.8, 4) is 0 Å². The van der Waals surface area contributed by atoms with E-state index in [2.05, 4.69) is 10.3 Å². The van der Waals surface area contributed by atoms with E-state index in [1.165, 1.54) is 12.1 Å². The molecule has 2 aliphatic heterocycles. The number of nitrogens with one attached hydrogen (secondary N) is 1. The smallest absolute Gasteiger partial charge is 0.287 e. The molecule has 2 aliphatic rings. The van der Waals surface area contributed by atoms with E-state index in [0.717, 1.165) is 69.4 Å². The molecule has 154 valence electrons. The molecule has 7 heteroatoms. The highest BCUT2D eigenvalue weighted by atomic mass is 19.1. The molecule has 1 saturated heterocycles. The molecule has 1 aromatic carbocycles. The van der Waals surface area contributed by atoms with Gasteiger partial charge in [0, 0.05) is 26.2 Å². The maximum Gasteiger partial charge on any atom is 0.287 e. The minimum Gasteiger partial charge on any atom is -0.349 e. The monoisotopic (exact) mass is 398 g/mol. The molecule has 0 aliphatic carbocycles. The van der Waals surface area contributed by atoms with Crippen LogP contribution in [-0.2, 0) is 19.4 Å². The Labute approximate surface area is 170 Å². The number of aromatic nitrogens is 2. The number of fused-ring (bicyclic) bond motifs is 1. The van der Waals surface area contributed by atoms with E-state index in [1.54, 1.807) is 12.1 Å². The number of halogens is 1. The van der Waals surface area contributed by atoms with Crippen molar-refractivity contribution in [2.45, 2.75) is 51.5 Å². The van der Waals surface area contributed by atoms with Crippen LogP contribution in [0, 0.1) is 5.82 Å². The van der Waals surface area contributed by atoms with Crippen molar-refractivity contribution < 1.29 is 14.0 Å². The predicted octanol–water partition coefficient (Wildman–Crippen LogP) is 2.96. The molecule has 2 amide bonds. The lowest BCUT2D eigenvalue weighted by Gasteiger charge is -2.26. The minimum atomic E-state index is -0.271. The Morgan fingerprint density at radius 3 is 2.48 bits per heavy atom. The molecule has 0 radical (unpaired) electrons. The maximum atomic E-state index is 13.0. The minimum absolute atomic E-state index is 0.0410. The molecule has 29 heavy (non-hydrogen) atoms. The van der Waals surface area contributed by atoms with Gasteiger partial charge in [0.05, 0.1) is 5.69 Å². The number of carbonyl (C=O) groups excluding carboxylic acids is 2. The zero-order valence-corrected chi connectivity index (χ0v) is 16.6. The predicted molar refractivity (Wildman–Crippen MR) is 107 cm³/mol. The molecule has 0 unspecified atom stereocenters. The Morgan fingerprint density at radius 2 is 1.72 bits per heavy atom. The van der Waals surface area contributed by atoms with Crippen LogP contribution in [0.1, 0.15) is 64.5 Å². The fourth-order valence-corrected chi connectivity index (χ4v) is 4.18. The van der Waals surface area contributed by atoms with Crippen LogP contribution in [0.2, 0.25) is 0 Å². The number of likely N-dealkylation sites (tertiary alicyclic amines) is 1. The highest BCUT2D eigenvalue weighted by Gasteiger charge is 2.30. The van der Waals surface area contributed by atoms with Gasteiger partial charge >= 0.3 is 0 Å². The summed E-state index contributed by atoms with van der Waals surface area (Å²) in [4.78, 5) is 32.2. The third-order valence-corrected chi connectivity index (χ3v) is 5.78. The first-order valence-electron chi connectivity index (χ1n) is 10.5. The molecule has 4 rings (SSSR count). The number of amides is 2. The fourth-order valence-electron chi connectivity index (χ4n) is 4.18. The number of rotatable bonds is 5. The lowest BCUT2D eigenvalue weighted by atomic mass is 10.1. The van der Waals surface area contributed by atoms with Gasteiger partial charge in [-0.1, -0.05) is 12.1 Å². The van der Waals surface area contributed by atoms with E-state index in [9.17, 15) is 14.0 Å². The van der Waals surface area contributed by atoms with Crippen LogP contribution in [0.15, 0.2) is 24.3 Å². The second kappa shape index (κ2) is 8.76. The first-order chi connectivity index (χ1) is 14.1. The lowest BCUT2D eigenvalue weighted by molar-refractivity contribution is 0.0717. The summed E-state index contributed by atoms with van der Waals surface area (Å²) >= 11 is 0. The molecular weight excluding hydrogens is 371 g/mol. The maximum absolute atomic E-state index is 13.0. The highest BCUT2D eigenvalue weighted by molar-refractivity contribution is 5.97. The molecule has 3 heterocycles. The zero-order chi connectivity index (χ0) is 20.2. The standard InChI is InChI=1S/C22H27FN4O2/c23-17-9-7-16(8-10-17)11-12-24-21(28)20-25-19(18-6-2-5-15-27(18)20)22(29)26-13-3-1-4-14-26/h7-10H,1-6,11-15H2,(H,24,28). The summed E-state index contributed by atoms with van der Waals surface area (Å²) in [6, 6.07) is 6.27. The Bertz CT molecular complexity index is 885. The van der Waals surface area contributed by atoms with Gasteiger partial charge in [-0.05, 0) is 62.6 Å². The first-order valence-corrected chi connectivity index (χ1v) is 10.5. The van der Waals surface area contributed by atoms with Crippen LogP contribution >= 0.6 is 0 Å². The number of nitrogens with zero attached hydrogens (tertiary/aromatic N) is 3. The molecule has 1 N–H and O–H groups in total. The van der Waals surface area contributed by atoms with E-state index in [0.29, 0.717) is 24.5 Å². The van der Waals surface area contributed by atoms with E-state index < -0.39 is 0 Å². The van der Waals surface area contributed by atoms with Crippen molar-refractivity contribution in [3.63, 3.8) is 0 Å². The van der Waals surface area contributed by atoms with Crippen LogP contribution in [0.25, 0.3) is 0 Å². The van der Waals surface area contributed by atoms with Crippen LogP contribution in [-0.4, -0.2) is 45.9 Å². The average Bonchev–Trinajstić information content (AvgIpc) is 3.15. The second-order valence-electron chi connectivity index (χ2n) is 7.82. The Balaban J connectivity index is 1.47. The molecular formula is C22H27FN4O2. The number of hydrogen-bond acceptors (Lipinski definition) is 3. The normalized spacial score (nSPS) is 16.4. The summed E-state index contributed by atoms with van der Waals surface area (Å²) in [5.41, 5.74) is 2.31. The number of piperidine rings is 1.